The van der Waals surface area contributed by atoms with Gasteiger partial charge in [-0.25, -0.2) is 8.78 Å². The Labute approximate surface area is 286 Å². The van der Waals surface area contributed by atoms with Gasteiger partial charge in [-0.15, -0.1) is 0 Å². The fourth-order valence-electron chi connectivity index (χ4n) is 7.24. The molecule has 49 heavy (non-hydrogen) atoms. The number of aromatic hydroxyl groups is 1. The summed E-state index contributed by atoms with van der Waals surface area (Å²) in [6.45, 7) is 7.61. The summed E-state index contributed by atoms with van der Waals surface area (Å²) in [5, 5.41) is 13.3. The molecule has 4 aromatic rings. The zero-order valence-corrected chi connectivity index (χ0v) is 28.1. The van der Waals surface area contributed by atoms with Crippen LogP contribution >= 0.6 is 0 Å². The standard InChI is InChI=1S/C40H42F2N4O3/c1-25-15-28(3-6-38(25)47)36-22-31-24-43-39(37(31)21-30(36)17-27-18-32(41)23-33(42)19-27)44-40(48)35-5-4-34(46-11-9-45(2)10-12-46)20-29(35)16-26-7-13-49-14-8-26/h3-6,15,18-23,26,47H,7-14,16-17,24H2,1-2H3,(H,43,44,48). The second-order valence-corrected chi connectivity index (χ2v) is 13.6. The van der Waals surface area contributed by atoms with Crippen LogP contribution in [0.15, 0.2) is 71.7 Å². The molecule has 3 heterocycles. The van der Waals surface area contributed by atoms with Crippen molar-refractivity contribution in [2.24, 2.45) is 10.9 Å². The third-order valence-electron chi connectivity index (χ3n) is 10.1. The number of halogens is 2. The predicted octanol–water partition coefficient (Wildman–Crippen LogP) is 6.65. The number of aliphatic imine (C=N–C) groups is 1. The van der Waals surface area contributed by atoms with Crippen LogP contribution in [0.2, 0.25) is 0 Å². The lowest BCUT2D eigenvalue weighted by Gasteiger charge is -2.34. The second kappa shape index (κ2) is 14.1. The predicted molar refractivity (Wildman–Crippen MR) is 189 cm³/mol. The van der Waals surface area contributed by atoms with Crippen molar-refractivity contribution < 1.29 is 23.4 Å². The highest BCUT2D eigenvalue weighted by molar-refractivity contribution is 6.15. The van der Waals surface area contributed by atoms with Gasteiger partial charge in [-0.3, -0.25) is 9.79 Å². The van der Waals surface area contributed by atoms with Crippen LogP contribution < -0.4 is 10.2 Å². The van der Waals surface area contributed by atoms with Crippen LogP contribution in [0.25, 0.3) is 11.1 Å². The number of phenolic OH excluding ortho intramolecular Hbond substituents is 1. The minimum atomic E-state index is -0.636. The highest BCUT2D eigenvalue weighted by atomic mass is 19.1. The van der Waals surface area contributed by atoms with Crippen LogP contribution in [0.3, 0.4) is 0 Å². The Morgan fingerprint density at radius 1 is 0.918 bits per heavy atom. The molecular formula is C40H42F2N4O3. The molecular weight excluding hydrogens is 622 g/mol. The number of hydrogen-bond donors (Lipinski definition) is 2. The van der Waals surface area contributed by atoms with Gasteiger partial charge in [-0.2, -0.15) is 0 Å². The molecule has 0 bridgehead atoms. The van der Waals surface area contributed by atoms with Gasteiger partial charge in [-0.05, 0) is 139 Å². The largest absolute Gasteiger partial charge is 0.508 e. The van der Waals surface area contributed by atoms with Crippen LogP contribution in [0.5, 0.6) is 5.75 Å². The van der Waals surface area contributed by atoms with Crippen molar-refractivity contribution in [3.05, 3.63) is 117 Å². The monoisotopic (exact) mass is 664 g/mol. The van der Waals surface area contributed by atoms with E-state index in [1.165, 1.54) is 12.1 Å². The number of aryl methyl sites for hydroxylation is 1. The number of fused-ring (bicyclic) bond motifs is 1. The van der Waals surface area contributed by atoms with Crippen molar-refractivity contribution >= 4 is 17.4 Å². The van der Waals surface area contributed by atoms with Crippen molar-refractivity contribution in [1.29, 1.82) is 0 Å². The third-order valence-corrected chi connectivity index (χ3v) is 10.1. The Morgan fingerprint density at radius 2 is 1.67 bits per heavy atom. The first-order valence-corrected chi connectivity index (χ1v) is 17.1. The molecule has 3 aliphatic rings. The number of hydrogen-bond acceptors (Lipinski definition) is 6. The average molecular weight is 665 g/mol. The topological polar surface area (TPSA) is 77.4 Å². The van der Waals surface area contributed by atoms with Crippen LogP contribution in [0.4, 0.5) is 14.5 Å². The molecule has 0 aromatic heterocycles. The van der Waals surface area contributed by atoms with Crippen molar-refractivity contribution in [3.63, 3.8) is 0 Å². The Bertz CT molecular complexity index is 1890. The minimum Gasteiger partial charge on any atom is -0.508 e. The van der Waals surface area contributed by atoms with Crippen molar-refractivity contribution in [2.75, 3.05) is 51.3 Å². The Morgan fingerprint density at radius 3 is 2.41 bits per heavy atom. The number of nitrogens with zero attached hydrogens (tertiary/aromatic N) is 3. The molecule has 2 N–H and O–H groups in total. The number of amides is 1. The molecule has 7 rings (SSSR count). The van der Waals surface area contributed by atoms with Gasteiger partial charge < -0.3 is 25.0 Å². The number of nitrogens with one attached hydrogen (secondary N) is 1. The number of amidine groups is 1. The fourth-order valence-corrected chi connectivity index (χ4v) is 7.24. The maximum absolute atomic E-state index is 14.2. The summed E-state index contributed by atoms with van der Waals surface area (Å²) in [6.07, 6.45) is 3.02. The molecule has 7 nitrogen and oxygen atoms in total. The van der Waals surface area contributed by atoms with E-state index in [-0.39, 0.29) is 18.1 Å². The van der Waals surface area contributed by atoms with Gasteiger partial charge in [0, 0.05) is 62.3 Å². The molecule has 1 amide bonds. The van der Waals surface area contributed by atoms with Gasteiger partial charge in [0.1, 0.15) is 23.2 Å². The van der Waals surface area contributed by atoms with E-state index in [0.29, 0.717) is 29.4 Å². The lowest BCUT2D eigenvalue weighted by atomic mass is 9.89. The summed E-state index contributed by atoms with van der Waals surface area (Å²) >= 11 is 0. The summed E-state index contributed by atoms with van der Waals surface area (Å²) in [4.78, 5) is 23.5. The molecule has 3 aliphatic heterocycles. The summed E-state index contributed by atoms with van der Waals surface area (Å²) in [7, 11) is 2.14. The summed E-state index contributed by atoms with van der Waals surface area (Å²) in [5.41, 5.74) is 8.36. The Balaban J connectivity index is 1.20. The summed E-state index contributed by atoms with van der Waals surface area (Å²) in [5.74, 6) is -0.346. The highest BCUT2D eigenvalue weighted by Gasteiger charge is 2.25. The number of anilines is 1. The van der Waals surface area contributed by atoms with E-state index in [0.717, 1.165) is 109 Å². The van der Waals surface area contributed by atoms with E-state index in [2.05, 4.69) is 34.3 Å². The summed E-state index contributed by atoms with van der Waals surface area (Å²) in [6, 6.07) is 19.1. The number of rotatable bonds is 7. The number of ether oxygens (including phenoxy) is 1. The number of likely N-dealkylation sites (N-methyl/N-ethyl adjacent to an activating group) is 1. The molecule has 0 spiro atoms. The zero-order chi connectivity index (χ0) is 34.1. The first-order valence-electron chi connectivity index (χ1n) is 17.1. The number of phenols is 1. The average Bonchev–Trinajstić information content (AvgIpc) is 3.47. The molecule has 0 aliphatic carbocycles. The zero-order valence-electron chi connectivity index (χ0n) is 28.1. The first kappa shape index (κ1) is 32.9. The summed E-state index contributed by atoms with van der Waals surface area (Å²) < 4.78 is 34.1. The van der Waals surface area contributed by atoms with Gasteiger partial charge in [-0.1, -0.05) is 6.07 Å². The van der Waals surface area contributed by atoms with Crippen LogP contribution in [0, 0.1) is 24.5 Å². The second-order valence-electron chi connectivity index (χ2n) is 13.6. The maximum Gasteiger partial charge on any atom is 0.257 e. The van der Waals surface area contributed by atoms with Gasteiger partial charge >= 0.3 is 0 Å². The van der Waals surface area contributed by atoms with E-state index in [4.69, 9.17) is 9.73 Å². The Kier molecular flexibility index (Phi) is 9.47. The van der Waals surface area contributed by atoms with Crippen molar-refractivity contribution in [2.45, 2.75) is 39.2 Å². The van der Waals surface area contributed by atoms with Crippen molar-refractivity contribution in [3.8, 4) is 16.9 Å². The molecule has 254 valence electrons. The molecule has 0 saturated carbocycles. The fraction of sp³-hybridized carbons (Fsp3) is 0.350. The SMILES string of the molecule is Cc1cc(-c2cc3c(cc2Cc2cc(F)cc(F)c2)C(NC(=O)c2ccc(N4CCN(C)CC4)cc2CC2CCOCC2)=NC3)ccc1O. The Hall–Kier alpha value is -4.60. The number of benzene rings is 4. The van der Waals surface area contributed by atoms with Gasteiger partial charge in [0.15, 0.2) is 0 Å². The van der Waals surface area contributed by atoms with Crippen LogP contribution in [-0.2, 0) is 24.1 Å². The molecule has 4 aromatic carbocycles. The number of piperazine rings is 1. The lowest BCUT2D eigenvalue weighted by Crippen LogP contribution is -2.44. The van der Waals surface area contributed by atoms with E-state index in [9.17, 15) is 18.7 Å². The van der Waals surface area contributed by atoms with Gasteiger partial charge in [0.25, 0.3) is 5.91 Å². The molecule has 2 fully saturated rings. The lowest BCUT2D eigenvalue weighted by molar-refractivity contribution is 0.0664. The minimum absolute atomic E-state index is 0.194. The molecule has 9 heteroatoms. The highest BCUT2D eigenvalue weighted by Crippen LogP contribution is 2.34. The van der Waals surface area contributed by atoms with Crippen molar-refractivity contribution in [1.82, 2.24) is 10.2 Å². The van der Waals surface area contributed by atoms with E-state index in [1.807, 2.05) is 37.3 Å². The van der Waals surface area contributed by atoms with Crippen LogP contribution in [0.1, 0.15) is 56.6 Å². The quantitative estimate of drug-likeness (QED) is 0.232. The maximum atomic E-state index is 14.2. The molecule has 0 radical (unpaired) electrons. The normalized spacial score (nSPS) is 16.8. The molecule has 0 atom stereocenters. The smallest absolute Gasteiger partial charge is 0.257 e. The molecule has 0 unspecified atom stereocenters. The van der Waals surface area contributed by atoms with Crippen LogP contribution in [-0.4, -0.2) is 68.2 Å². The first-order chi connectivity index (χ1) is 23.7. The van der Waals surface area contributed by atoms with E-state index >= 15 is 0 Å². The van der Waals surface area contributed by atoms with E-state index in [1.54, 1.807) is 6.07 Å². The third kappa shape index (κ3) is 7.38. The number of carbonyl (C=O) groups excluding carboxylic acids is 1. The van der Waals surface area contributed by atoms with Gasteiger partial charge in [0.2, 0.25) is 0 Å². The van der Waals surface area contributed by atoms with E-state index < -0.39 is 11.6 Å². The van der Waals surface area contributed by atoms with Gasteiger partial charge in [0.05, 0.1) is 6.54 Å². The molecule has 2 saturated heterocycles. The number of carbonyl (C=O) groups is 1.